The van der Waals surface area contributed by atoms with Crippen molar-refractivity contribution >= 4 is 0 Å². The molecule has 4 rings (SSSR count). The summed E-state index contributed by atoms with van der Waals surface area (Å²) in [5.74, 6) is 2.16. The summed E-state index contributed by atoms with van der Waals surface area (Å²) in [7, 11) is 3.23. The van der Waals surface area contributed by atoms with Gasteiger partial charge in [0.05, 0.1) is 26.9 Å². The van der Waals surface area contributed by atoms with Crippen LogP contribution in [0.25, 0.3) is 22.8 Å². The van der Waals surface area contributed by atoms with Gasteiger partial charge in [0.1, 0.15) is 23.8 Å². The van der Waals surface area contributed by atoms with E-state index in [1.807, 2.05) is 37.3 Å². The van der Waals surface area contributed by atoms with E-state index in [2.05, 4.69) is 19.6 Å². The van der Waals surface area contributed by atoms with E-state index in [4.69, 9.17) is 23.4 Å². The number of ether oxygens (including phenoxy) is 4. The molecule has 0 aliphatic rings. The lowest BCUT2D eigenvalue weighted by Gasteiger charge is -2.08. The molecule has 0 fully saturated rings. The molecule has 0 amide bonds. The standard InChI is InChI=1S/C24H25N3O7/c1-15-12-18(8-9-19(15)22-26-24(28)34-27-22)32-14-21-20(13-31-11-10-29-2)25-23(33-21)16-4-6-17(30-3)7-5-16/h4-9,12H,10-11,13-14H2,1-3H3,(H,26,27,28). The third kappa shape index (κ3) is 5.53. The zero-order valence-corrected chi connectivity index (χ0v) is 19.1. The zero-order chi connectivity index (χ0) is 23.9. The molecule has 10 heteroatoms. The average molecular weight is 467 g/mol. The van der Waals surface area contributed by atoms with Gasteiger partial charge in [0.2, 0.25) is 5.89 Å². The number of aromatic amines is 1. The highest BCUT2D eigenvalue weighted by Crippen LogP contribution is 2.27. The summed E-state index contributed by atoms with van der Waals surface area (Å²) in [5.41, 5.74) is 3.07. The minimum absolute atomic E-state index is 0.158. The topological polar surface area (TPSA) is 122 Å². The molecule has 2 aromatic carbocycles. The molecule has 0 unspecified atom stereocenters. The third-order valence-electron chi connectivity index (χ3n) is 5.05. The number of nitrogens with zero attached hydrogens (tertiary/aromatic N) is 2. The van der Waals surface area contributed by atoms with Gasteiger partial charge in [-0.2, -0.15) is 0 Å². The Morgan fingerprint density at radius 3 is 2.47 bits per heavy atom. The van der Waals surface area contributed by atoms with Crippen LogP contribution in [0.4, 0.5) is 0 Å². The molecule has 0 spiro atoms. The maximum Gasteiger partial charge on any atom is 0.439 e. The van der Waals surface area contributed by atoms with Gasteiger partial charge >= 0.3 is 5.76 Å². The summed E-state index contributed by atoms with van der Waals surface area (Å²) < 4.78 is 32.5. The molecule has 2 aromatic heterocycles. The number of methoxy groups -OCH3 is 2. The summed E-state index contributed by atoms with van der Waals surface area (Å²) in [6, 6.07) is 12.9. The molecular weight excluding hydrogens is 442 g/mol. The molecular formula is C24H25N3O7. The second kappa shape index (κ2) is 10.8. The minimum Gasteiger partial charge on any atom is -0.497 e. The van der Waals surface area contributed by atoms with Gasteiger partial charge in [0, 0.05) is 18.2 Å². The van der Waals surface area contributed by atoms with Crippen LogP contribution in [0.3, 0.4) is 0 Å². The zero-order valence-electron chi connectivity index (χ0n) is 19.1. The molecule has 0 saturated heterocycles. The molecule has 178 valence electrons. The quantitative estimate of drug-likeness (QED) is 0.329. The van der Waals surface area contributed by atoms with Crippen molar-refractivity contribution in [3.8, 4) is 34.3 Å². The van der Waals surface area contributed by atoms with E-state index >= 15 is 0 Å². The minimum atomic E-state index is -0.604. The number of benzene rings is 2. The van der Waals surface area contributed by atoms with Crippen LogP contribution in [0.15, 0.2) is 56.2 Å². The molecule has 0 atom stereocenters. The lowest BCUT2D eigenvalue weighted by atomic mass is 10.1. The fourth-order valence-electron chi connectivity index (χ4n) is 3.26. The van der Waals surface area contributed by atoms with Gasteiger partial charge < -0.3 is 23.4 Å². The second-order valence-corrected chi connectivity index (χ2v) is 7.37. The highest BCUT2D eigenvalue weighted by Gasteiger charge is 2.17. The number of aromatic nitrogens is 3. The van der Waals surface area contributed by atoms with E-state index in [0.717, 1.165) is 22.4 Å². The predicted octanol–water partition coefficient (Wildman–Crippen LogP) is 3.74. The number of nitrogens with one attached hydrogen (secondary N) is 1. The van der Waals surface area contributed by atoms with E-state index in [1.54, 1.807) is 26.4 Å². The Morgan fingerprint density at radius 2 is 1.79 bits per heavy atom. The van der Waals surface area contributed by atoms with Crippen molar-refractivity contribution in [2.45, 2.75) is 20.1 Å². The normalized spacial score (nSPS) is 11.0. The lowest BCUT2D eigenvalue weighted by Crippen LogP contribution is -2.05. The van der Waals surface area contributed by atoms with Gasteiger partial charge in [-0.3, -0.25) is 9.51 Å². The van der Waals surface area contributed by atoms with E-state index < -0.39 is 5.76 Å². The number of aryl methyl sites for hydroxylation is 1. The first-order chi connectivity index (χ1) is 16.6. The first kappa shape index (κ1) is 23.3. The van der Waals surface area contributed by atoms with Crippen molar-refractivity contribution in [2.24, 2.45) is 0 Å². The van der Waals surface area contributed by atoms with Crippen LogP contribution in [0.2, 0.25) is 0 Å². The third-order valence-corrected chi connectivity index (χ3v) is 5.05. The van der Waals surface area contributed by atoms with Crippen molar-refractivity contribution in [3.05, 3.63) is 70.0 Å². The Labute approximate surface area is 195 Å². The molecule has 0 aliphatic carbocycles. The predicted molar refractivity (Wildman–Crippen MR) is 122 cm³/mol. The van der Waals surface area contributed by atoms with Gasteiger partial charge in [-0.1, -0.05) is 5.16 Å². The van der Waals surface area contributed by atoms with Gasteiger partial charge in [-0.25, -0.2) is 9.78 Å². The maximum atomic E-state index is 11.2. The molecule has 0 saturated carbocycles. The van der Waals surface area contributed by atoms with Crippen molar-refractivity contribution < 1.29 is 27.9 Å². The smallest absolute Gasteiger partial charge is 0.439 e. The van der Waals surface area contributed by atoms with E-state index in [9.17, 15) is 4.79 Å². The fraction of sp³-hybridized carbons (Fsp3) is 0.292. The molecule has 0 aliphatic heterocycles. The summed E-state index contributed by atoms with van der Waals surface area (Å²) in [4.78, 5) is 18.4. The summed E-state index contributed by atoms with van der Waals surface area (Å²) >= 11 is 0. The Morgan fingerprint density at radius 1 is 1.00 bits per heavy atom. The number of rotatable bonds is 11. The van der Waals surface area contributed by atoms with Crippen molar-refractivity contribution in [2.75, 3.05) is 27.4 Å². The van der Waals surface area contributed by atoms with E-state index in [1.165, 1.54) is 0 Å². The molecule has 4 aromatic rings. The molecule has 0 radical (unpaired) electrons. The number of oxazole rings is 1. The molecule has 2 heterocycles. The number of hydrogen-bond donors (Lipinski definition) is 1. The molecule has 1 N–H and O–H groups in total. The van der Waals surface area contributed by atoms with Crippen LogP contribution in [0.5, 0.6) is 11.5 Å². The highest BCUT2D eigenvalue weighted by atomic mass is 16.5. The van der Waals surface area contributed by atoms with E-state index in [0.29, 0.717) is 42.1 Å². The van der Waals surface area contributed by atoms with Gasteiger partial charge in [-0.15, -0.1) is 0 Å². The van der Waals surface area contributed by atoms with Crippen LogP contribution in [-0.2, 0) is 22.7 Å². The van der Waals surface area contributed by atoms with E-state index in [-0.39, 0.29) is 13.2 Å². The monoisotopic (exact) mass is 467 g/mol. The Kier molecular flexibility index (Phi) is 7.41. The Balaban J connectivity index is 1.51. The average Bonchev–Trinajstić information content (AvgIpc) is 3.46. The molecule has 10 nitrogen and oxygen atoms in total. The van der Waals surface area contributed by atoms with Crippen LogP contribution < -0.4 is 15.2 Å². The van der Waals surface area contributed by atoms with Crippen LogP contribution in [0.1, 0.15) is 17.0 Å². The largest absolute Gasteiger partial charge is 0.497 e. The summed E-state index contributed by atoms with van der Waals surface area (Å²) in [5, 5.41) is 3.73. The fourth-order valence-corrected chi connectivity index (χ4v) is 3.26. The van der Waals surface area contributed by atoms with Crippen molar-refractivity contribution in [3.63, 3.8) is 0 Å². The van der Waals surface area contributed by atoms with Crippen LogP contribution >= 0.6 is 0 Å². The van der Waals surface area contributed by atoms with Crippen molar-refractivity contribution in [1.29, 1.82) is 0 Å². The van der Waals surface area contributed by atoms with Crippen molar-refractivity contribution in [1.82, 2.24) is 15.1 Å². The summed E-state index contributed by atoms with van der Waals surface area (Å²) in [6.45, 7) is 3.23. The number of hydrogen-bond acceptors (Lipinski definition) is 9. The highest BCUT2D eigenvalue weighted by molar-refractivity contribution is 5.60. The molecule has 34 heavy (non-hydrogen) atoms. The lowest BCUT2D eigenvalue weighted by molar-refractivity contribution is 0.0592. The maximum absolute atomic E-state index is 11.2. The SMILES string of the molecule is COCCOCc1nc(-c2ccc(OC)cc2)oc1COc1ccc(-c2noc(=O)[nH]2)c(C)c1. The van der Waals surface area contributed by atoms with Gasteiger partial charge in [0.15, 0.2) is 11.6 Å². The van der Waals surface area contributed by atoms with Gasteiger partial charge in [0.25, 0.3) is 0 Å². The summed E-state index contributed by atoms with van der Waals surface area (Å²) in [6.07, 6.45) is 0. The van der Waals surface area contributed by atoms with Crippen LogP contribution in [0, 0.1) is 6.92 Å². The Bertz CT molecular complexity index is 1270. The first-order valence-corrected chi connectivity index (χ1v) is 10.6. The number of H-pyrrole nitrogens is 1. The first-order valence-electron chi connectivity index (χ1n) is 10.6. The molecule has 0 bridgehead atoms. The van der Waals surface area contributed by atoms with Gasteiger partial charge in [-0.05, 0) is 55.0 Å². The Hall–Kier alpha value is -3.89. The second-order valence-electron chi connectivity index (χ2n) is 7.37. The van der Waals surface area contributed by atoms with Crippen LogP contribution in [-0.4, -0.2) is 42.6 Å².